The highest BCUT2D eigenvalue weighted by Gasteiger charge is 2.46. The van der Waals surface area contributed by atoms with Gasteiger partial charge in [0.2, 0.25) is 0 Å². The Morgan fingerprint density at radius 2 is 1.56 bits per heavy atom. The Morgan fingerprint density at radius 1 is 1.03 bits per heavy atom. The van der Waals surface area contributed by atoms with Crippen LogP contribution in [0.2, 0.25) is 0 Å². The van der Waals surface area contributed by atoms with E-state index in [1.807, 2.05) is 27.7 Å². The fourth-order valence-electron chi connectivity index (χ4n) is 4.91. The molecule has 5 N–H and O–H groups in total. The van der Waals surface area contributed by atoms with Crippen molar-refractivity contribution >= 4 is 35.2 Å². The van der Waals surface area contributed by atoms with Gasteiger partial charge in [-0.05, 0) is 37.9 Å². The van der Waals surface area contributed by atoms with Crippen molar-refractivity contribution in [2.75, 3.05) is 13.1 Å². The Morgan fingerprint density at radius 3 is 2.08 bits per heavy atom. The molecule has 2 saturated heterocycles. The number of carboxylic acid groups (broad SMARTS) is 1. The number of thiocarbonyl (C=S) groups is 1. The van der Waals surface area contributed by atoms with Gasteiger partial charge in [-0.3, -0.25) is 14.4 Å². The number of carbonyl (C=O) groups excluding carboxylic acids is 2. The maximum atomic E-state index is 12.0. The molecule has 0 aliphatic carbocycles. The van der Waals surface area contributed by atoms with Crippen molar-refractivity contribution in [2.45, 2.75) is 109 Å². The summed E-state index contributed by atoms with van der Waals surface area (Å²) < 4.78 is 10.9. The molecule has 2 aliphatic rings. The summed E-state index contributed by atoms with van der Waals surface area (Å²) in [6, 6.07) is 0. The second kappa shape index (κ2) is 12.5. The average molecular weight is 531 g/mol. The minimum absolute atomic E-state index is 0.0595. The molecule has 4 atom stereocenters. The molecule has 0 bridgehead atoms. The standard InChI is InChI=1S/C25H42N2O8S/c1-23(2,17-11-16(28)12-20(31)34-17)7-5-9-26-22(36)27-10-6-8-24(3,4)18-13-25(33,14-19(29)30)15-21(32)35-18/h16-18,28,33H,5-15H2,1-4H3,(H,29,30)(H2,26,27,36). The first-order valence-corrected chi connectivity index (χ1v) is 13.1. The molecule has 0 aromatic carbocycles. The number of hydrogen-bond acceptors (Lipinski definition) is 8. The van der Waals surface area contributed by atoms with E-state index >= 15 is 0 Å². The highest BCUT2D eigenvalue weighted by Crippen LogP contribution is 2.39. The Balaban J connectivity index is 1.67. The highest BCUT2D eigenvalue weighted by atomic mass is 32.1. The van der Waals surface area contributed by atoms with E-state index in [0.717, 1.165) is 19.3 Å². The quantitative estimate of drug-likeness (QED) is 0.143. The third-order valence-electron chi connectivity index (χ3n) is 7.27. The third-order valence-corrected chi connectivity index (χ3v) is 7.55. The van der Waals surface area contributed by atoms with Crippen molar-refractivity contribution < 1.29 is 39.2 Å². The fourth-order valence-corrected chi connectivity index (χ4v) is 5.12. The molecule has 0 aromatic heterocycles. The van der Waals surface area contributed by atoms with Crippen LogP contribution in [-0.2, 0) is 23.9 Å². The van der Waals surface area contributed by atoms with Crippen molar-refractivity contribution in [3.8, 4) is 0 Å². The fraction of sp³-hybridized carbons (Fsp3) is 0.840. The van der Waals surface area contributed by atoms with E-state index in [0.29, 0.717) is 31.0 Å². The van der Waals surface area contributed by atoms with Gasteiger partial charge in [-0.15, -0.1) is 0 Å². The van der Waals surface area contributed by atoms with Crippen molar-refractivity contribution in [3.05, 3.63) is 0 Å². The van der Waals surface area contributed by atoms with E-state index in [4.69, 9.17) is 26.8 Å². The van der Waals surface area contributed by atoms with Crippen LogP contribution in [0.25, 0.3) is 0 Å². The second-order valence-electron chi connectivity index (χ2n) is 11.6. The predicted molar refractivity (Wildman–Crippen MR) is 136 cm³/mol. The second-order valence-corrected chi connectivity index (χ2v) is 12.0. The zero-order valence-electron chi connectivity index (χ0n) is 21.8. The molecule has 2 fully saturated rings. The monoisotopic (exact) mass is 530 g/mol. The van der Waals surface area contributed by atoms with E-state index in [2.05, 4.69) is 10.6 Å². The molecule has 0 spiro atoms. The maximum absolute atomic E-state index is 12.0. The third kappa shape index (κ3) is 9.48. The molecule has 4 unspecified atom stereocenters. The molecule has 2 aliphatic heterocycles. The molecule has 0 amide bonds. The summed E-state index contributed by atoms with van der Waals surface area (Å²) in [6.45, 7) is 9.22. The molecule has 2 heterocycles. The van der Waals surface area contributed by atoms with Gasteiger partial charge in [0, 0.05) is 36.8 Å². The van der Waals surface area contributed by atoms with Crippen LogP contribution in [0.1, 0.15) is 85.5 Å². The summed E-state index contributed by atoms with van der Waals surface area (Å²) in [5.41, 5.74) is -2.28. The number of esters is 2. The van der Waals surface area contributed by atoms with E-state index in [1.54, 1.807) is 0 Å². The van der Waals surface area contributed by atoms with Gasteiger partial charge < -0.3 is 35.4 Å². The van der Waals surface area contributed by atoms with Crippen molar-refractivity contribution in [2.24, 2.45) is 10.8 Å². The van der Waals surface area contributed by atoms with Crippen LogP contribution in [0.5, 0.6) is 0 Å². The smallest absolute Gasteiger partial charge is 0.309 e. The topological polar surface area (TPSA) is 154 Å². The van der Waals surface area contributed by atoms with Gasteiger partial charge in [0.25, 0.3) is 0 Å². The van der Waals surface area contributed by atoms with Crippen LogP contribution in [0.15, 0.2) is 0 Å². The average Bonchev–Trinajstić information content (AvgIpc) is 2.72. The Labute approximate surface area is 218 Å². The number of hydrogen-bond donors (Lipinski definition) is 5. The number of cyclic esters (lactones) is 2. The van der Waals surface area contributed by atoms with Crippen LogP contribution >= 0.6 is 12.2 Å². The molecule has 0 radical (unpaired) electrons. The van der Waals surface area contributed by atoms with Crippen molar-refractivity contribution in [3.63, 3.8) is 0 Å². The zero-order valence-corrected chi connectivity index (χ0v) is 22.6. The Bertz CT molecular complexity index is 814. The van der Waals surface area contributed by atoms with E-state index < -0.39 is 41.6 Å². The molecule has 10 nitrogen and oxygen atoms in total. The first kappa shape index (κ1) is 30.2. The largest absolute Gasteiger partial charge is 0.481 e. The number of carbonyl (C=O) groups is 3. The molecule has 36 heavy (non-hydrogen) atoms. The van der Waals surface area contributed by atoms with E-state index in [9.17, 15) is 24.6 Å². The number of rotatable bonds is 12. The van der Waals surface area contributed by atoms with E-state index in [1.165, 1.54) is 0 Å². The molecular formula is C25H42N2O8S. The summed E-state index contributed by atoms with van der Waals surface area (Å²) in [5, 5.41) is 36.4. The predicted octanol–water partition coefficient (Wildman–Crippen LogP) is 2.04. The summed E-state index contributed by atoms with van der Waals surface area (Å²) in [5.74, 6) is -2.07. The molecule has 0 saturated carbocycles. The molecule has 206 valence electrons. The lowest BCUT2D eigenvalue weighted by Crippen LogP contribution is -2.49. The van der Waals surface area contributed by atoms with Crippen molar-refractivity contribution in [1.29, 1.82) is 0 Å². The van der Waals surface area contributed by atoms with E-state index in [-0.39, 0.29) is 36.8 Å². The van der Waals surface area contributed by atoms with Crippen LogP contribution in [0.3, 0.4) is 0 Å². The van der Waals surface area contributed by atoms with Crippen LogP contribution in [0.4, 0.5) is 0 Å². The Hall–Kier alpha value is -1.98. The van der Waals surface area contributed by atoms with Gasteiger partial charge in [-0.2, -0.15) is 0 Å². The van der Waals surface area contributed by atoms with Gasteiger partial charge in [0.05, 0.1) is 31.0 Å². The Kier molecular flexibility index (Phi) is 10.5. The highest BCUT2D eigenvalue weighted by molar-refractivity contribution is 7.80. The van der Waals surface area contributed by atoms with Crippen LogP contribution in [0, 0.1) is 10.8 Å². The number of nitrogens with one attached hydrogen (secondary N) is 2. The lowest BCUT2D eigenvalue weighted by atomic mass is 9.74. The SMILES string of the molecule is CC(C)(CCCNC(=S)NCCCC(C)(C)C1CC(O)(CC(=O)O)CC(=O)O1)C1CC(O)CC(=O)O1. The summed E-state index contributed by atoms with van der Waals surface area (Å²) in [7, 11) is 0. The van der Waals surface area contributed by atoms with Crippen LogP contribution in [-0.4, -0.2) is 75.3 Å². The van der Waals surface area contributed by atoms with Gasteiger partial charge in [0.15, 0.2) is 5.11 Å². The minimum Gasteiger partial charge on any atom is -0.481 e. The summed E-state index contributed by atoms with van der Waals surface area (Å²) >= 11 is 5.35. The first-order chi connectivity index (χ1) is 16.6. The summed E-state index contributed by atoms with van der Waals surface area (Å²) in [4.78, 5) is 34.7. The lowest BCUT2D eigenvalue weighted by molar-refractivity contribution is -0.184. The number of aliphatic hydroxyl groups is 2. The van der Waals surface area contributed by atoms with Gasteiger partial charge >= 0.3 is 17.9 Å². The van der Waals surface area contributed by atoms with Crippen LogP contribution < -0.4 is 10.6 Å². The molecule has 11 heteroatoms. The van der Waals surface area contributed by atoms with Gasteiger partial charge in [-0.1, -0.05) is 27.7 Å². The number of aliphatic carboxylic acids is 1. The zero-order chi connectivity index (χ0) is 27.1. The first-order valence-electron chi connectivity index (χ1n) is 12.6. The number of ether oxygens (including phenoxy) is 2. The summed E-state index contributed by atoms with van der Waals surface area (Å²) in [6.07, 6.45) is 1.36. The number of carboxylic acids is 1. The lowest BCUT2D eigenvalue weighted by Gasteiger charge is -2.42. The van der Waals surface area contributed by atoms with Gasteiger partial charge in [0.1, 0.15) is 12.2 Å². The molecule has 0 aromatic rings. The maximum Gasteiger partial charge on any atom is 0.309 e. The minimum atomic E-state index is -1.58. The normalized spacial score (nSPS) is 27.1. The van der Waals surface area contributed by atoms with Gasteiger partial charge in [-0.25, -0.2) is 0 Å². The molecular weight excluding hydrogens is 488 g/mol. The number of aliphatic hydroxyl groups excluding tert-OH is 1. The molecule has 2 rings (SSSR count). The van der Waals surface area contributed by atoms with Crippen molar-refractivity contribution in [1.82, 2.24) is 10.6 Å².